The van der Waals surface area contributed by atoms with E-state index < -0.39 is 0 Å². The lowest BCUT2D eigenvalue weighted by atomic mass is 9.95. The molecule has 0 saturated carbocycles. The third-order valence-electron chi connectivity index (χ3n) is 6.53. The second kappa shape index (κ2) is 10.4. The largest absolute Gasteiger partial charge is 0.497 e. The Morgan fingerprint density at radius 1 is 1.14 bits per heavy atom. The molecule has 0 unspecified atom stereocenters. The molecule has 2 aromatic carbocycles. The average Bonchev–Trinajstić information content (AvgIpc) is 3.35. The molecule has 0 bridgehead atoms. The number of nitrogens with zero attached hydrogens (tertiary/aromatic N) is 4. The van der Waals surface area contributed by atoms with Crippen LogP contribution in [0.4, 0.5) is 5.82 Å². The second-order valence-corrected chi connectivity index (χ2v) is 9.21. The number of nitrogens with one attached hydrogen (secondary N) is 1. The van der Waals surface area contributed by atoms with Crippen LogP contribution in [0, 0.1) is 5.92 Å². The number of methoxy groups -OCH3 is 1. The van der Waals surface area contributed by atoms with Gasteiger partial charge >= 0.3 is 0 Å². The van der Waals surface area contributed by atoms with Crippen LogP contribution < -0.4 is 15.0 Å². The summed E-state index contributed by atoms with van der Waals surface area (Å²) in [5.41, 5.74) is 3.98. The van der Waals surface area contributed by atoms with Crippen molar-refractivity contribution in [3.63, 3.8) is 0 Å². The maximum absolute atomic E-state index is 12.7. The highest BCUT2D eigenvalue weighted by Crippen LogP contribution is 2.29. The van der Waals surface area contributed by atoms with E-state index in [0.717, 1.165) is 71.3 Å². The summed E-state index contributed by atoms with van der Waals surface area (Å²) in [4.78, 5) is 19.6. The van der Waals surface area contributed by atoms with Crippen molar-refractivity contribution < 1.29 is 9.53 Å². The lowest BCUT2D eigenvalue weighted by Gasteiger charge is -2.32. The Hall–Kier alpha value is -3.58. The molecule has 1 amide bonds. The van der Waals surface area contributed by atoms with Gasteiger partial charge in [-0.15, -0.1) is 0 Å². The number of aromatic nitrogens is 3. The zero-order valence-electron chi connectivity index (χ0n) is 19.7. The van der Waals surface area contributed by atoms with Crippen LogP contribution in [0.3, 0.4) is 0 Å². The molecule has 1 saturated heterocycles. The minimum Gasteiger partial charge on any atom is -0.497 e. The molecule has 2 aromatic heterocycles. The molecule has 0 atom stereocenters. The smallest absolute Gasteiger partial charge is 0.223 e. The first-order valence-corrected chi connectivity index (χ1v) is 12.2. The predicted octanol–water partition coefficient (Wildman–Crippen LogP) is 4.63. The lowest BCUT2D eigenvalue weighted by molar-refractivity contribution is -0.125. The van der Waals surface area contributed by atoms with E-state index in [0.29, 0.717) is 6.54 Å². The van der Waals surface area contributed by atoms with Gasteiger partial charge in [-0.2, -0.15) is 5.10 Å². The van der Waals surface area contributed by atoms with Crippen molar-refractivity contribution in [1.82, 2.24) is 19.9 Å². The van der Waals surface area contributed by atoms with Crippen LogP contribution in [0.1, 0.15) is 18.4 Å². The summed E-state index contributed by atoms with van der Waals surface area (Å²) >= 11 is 5.94. The summed E-state index contributed by atoms with van der Waals surface area (Å²) in [5, 5.41) is 8.57. The number of carbonyl (C=O) groups excluding carboxylic acids is 1. The molecule has 1 aliphatic heterocycles. The molecule has 8 heteroatoms. The van der Waals surface area contributed by atoms with Crippen LogP contribution in [0.25, 0.3) is 16.8 Å². The summed E-state index contributed by atoms with van der Waals surface area (Å²) < 4.78 is 7.22. The first-order chi connectivity index (χ1) is 17.1. The fraction of sp³-hybridized carbons (Fsp3) is 0.296. The van der Waals surface area contributed by atoms with Crippen LogP contribution in [0.2, 0.25) is 5.02 Å². The second-order valence-electron chi connectivity index (χ2n) is 8.77. The summed E-state index contributed by atoms with van der Waals surface area (Å²) in [6.07, 6.45) is 6.03. The maximum atomic E-state index is 12.7. The van der Waals surface area contributed by atoms with Gasteiger partial charge in [0.2, 0.25) is 5.91 Å². The highest BCUT2D eigenvalue weighted by atomic mass is 35.5. The lowest BCUT2D eigenvalue weighted by Crippen LogP contribution is -2.41. The summed E-state index contributed by atoms with van der Waals surface area (Å²) in [5.74, 6) is 1.85. The Bertz CT molecular complexity index is 1310. The number of halogens is 1. The Balaban J connectivity index is 1.21. The molecule has 7 nitrogen and oxygen atoms in total. The topological polar surface area (TPSA) is 71.8 Å². The zero-order valence-corrected chi connectivity index (χ0v) is 20.4. The average molecular weight is 490 g/mol. The third kappa shape index (κ3) is 5.25. The first kappa shape index (κ1) is 23.2. The van der Waals surface area contributed by atoms with Gasteiger partial charge in [-0.3, -0.25) is 4.79 Å². The van der Waals surface area contributed by atoms with Gasteiger partial charge in [-0.05, 0) is 55.2 Å². The normalized spacial score (nSPS) is 14.3. The third-order valence-corrected chi connectivity index (χ3v) is 6.78. The number of carbonyl (C=O) groups is 1. The molecular formula is C27H28ClN5O2. The van der Waals surface area contributed by atoms with Crippen molar-refractivity contribution in [3.05, 3.63) is 77.6 Å². The number of fused-ring (bicyclic) bond motifs is 1. The number of anilines is 1. The van der Waals surface area contributed by atoms with Gasteiger partial charge < -0.3 is 15.0 Å². The summed E-state index contributed by atoms with van der Waals surface area (Å²) in [6, 6.07) is 17.7. The number of benzene rings is 2. The van der Waals surface area contributed by atoms with Gasteiger partial charge in [0.15, 0.2) is 5.82 Å². The number of piperidine rings is 1. The van der Waals surface area contributed by atoms with Crippen LogP contribution in [-0.2, 0) is 11.2 Å². The SMILES string of the molecule is COc1cccc(-c2cc3c(N4CCC(C(=O)NCCc5ccc(Cl)cc5)CC4)nccn3n2)c1. The Kier molecular flexibility index (Phi) is 6.86. The van der Waals surface area contributed by atoms with Crippen molar-refractivity contribution in [3.8, 4) is 17.0 Å². The van der Waals surface area contributed by atoms with Gasteiger partial charge in [-0.1, -0.05) is 35.9 Å². The van der Waals surface area contributed by atoms with Gasteiger partial charge in [-0.25, -0.2) is 9.50 Å². The van der Waals surface area contributed by atoms with Crippen LogP contribution in [0.15, 0.2) is 67.0 Å². The minimum absolute atomic E-state index is 0.0217. The van der Waals surface area contributed by atoms with Crippen molar-refractivity contribution >= 4 is 28.8 Å². The molecule has 4 aromatic rings. The molecule has 5 rings (SSSR count). The molecular weight excluding hydrogens is 462 g/mol. The molecule has 35 heavy (non-hydrogen) atoms. The van der Waals surface area contributed by atoms with Crippen molar-refractivity contribution in [1.29, 1.82) is 0 Å². The van der Waals surface area contributed by atoms with E-state index in [1.807, 2.05) is 59.2 Å². The van der Waals surface area contributed by atoms with Crippen LogP contribution in [-0.4, -0.2) is 47.2 Å². The molecule has 0 aliphatic carbocycles. The van der Waals surface area contributed by atoms with E-state index in [9.17, 15) is 4.79 Å². The highest BCUT2D eigenvalue weighted by Gasteiger charge is 2.26. The van der Waals surface area contributed by atoms with Gasteiger partial charge in [0.25, 0.3) is 0 Å². The minimum atomic E-state index is 0.0217. The van der Waals surface area contributed by atoms with Gasteiger partial charge in [0.1, 0.15) is 11.3 Å². The number of hydrogen-bond donors (Lipinski definition) is 1. The van der Waals surface area contributed by atoms with Crippen molar-refractivity contribution in [2.24, 2.45) is 5.92 Å². The Labute approximate surface area is 209 Å². The molecule has 3 heterocycles. The molecule has 0 spiro atoms. The maximum Gasteiger partial charge on any atom is 0.223 e. The quantitative estimate of drug-likeness (QED) is 0.409. The predicted molar refractivity (Wildman–Crippen MR) is 138 cm³/mol. The van der Waals surface area contributed by atoms with E-state index in [1.54, 1.807) is 13.3 Å². The van der Waals surface area contributed by atoms with E-state index >= 15 is 0 Å². The Morgan fingerprint density at radius 3 is 2.71 bits per heavy atom. The zero-order chi connectivity index (χ0) is 24.2. The van der Waals surface area contributed by atoms with E-state index in [1.165, 1.54) is 0 Å². The van der Waals surface area contributed by atoms with E-state index in [4.69, 9.17) is 21.4 Å². The first-order valence-electron chi connectivity index (χ1n) is 11.9. The molecule has 180 valence electrons. The van der Waals surface area contributed by atoms with E-state index in [2.05, 4.69) is 21.3 Å². The fourth-order valence-electron chi connectivity index (χ4n) is 4.55. The summed E-state index contributed by atoms with van der Waals surface area (Å²) in [7, 11) is 1.66. The number of rotatable bonds is 7. The van der Waals surface area contributed by atoms with Crippen LogP contribution in [0.5, 0.6) is 5.75 Å². The number of amides is 1. The summed E-state index contributed by atoms with van der Waals surface area (Å²) in [6.45, 7) is 2.19. The Morgan fingerprint density at radius 2 is 1.94 bits per heavy atom. The van der Waals surface area contributed by atoms with Crippen molar-refractivity contribution in [2.75, 3.05) is 31.6 Å². The van der Waals surface area contributed by atoms with Crippen molar-refractivity contribution in [2.45, 2.75) is 19.3 Å². The standard InChI is InChI=1S/C27H28ClN5O2/c1-35-23-4-2-3-21(17-23)24-18-25-26(29-13-16-33(25)31-24)32-14-10-20(11-15-32)27(34)30-12-9-19-5-7-22(28)8-6-19/h2-8,13,16-18,20H,9-12,14-15H2,1H3,(H,30,34). The van der Waals surface area contributed by atoms with E-state index in [-0.39, 0.29) is 11.8 Å². The molecule has 1 aliphatic rings. The fourth-order valence-corrected chi connectivity index (χ4v) is 4.68. The number of ether oxygens (including phenoxy) is 1. The molecule has 1 fully saturated rings. The monoisotopic (exact) mass is 489 g/mol. The molecule has 1 N–H and O–H groups in total. The van der Waals surface area contributed by atoms with Gasteiger partial charge in [0, 0.05) is 48.5 Å². The van der Waals surface area contributed by atoms with Crippen LogP contribution >= 0.6 is 11.6 Å². The van der Waals surface area contributed by atoms with Gasteiger partial charge in [0.05, 0.1) is 12.8 Å². The molecule has 0 radical (unpaired) electrons. The highest BCUT2D eigenvalue weighted by molar-refractivity contribution is 6.30. The number of hydrogen-bond acceptors (Lipinski definition) is 5.